The maximum Gasteiger partial charge on any atom is 0.122 e. The molecule has 1 aromatic carbocycles. The summed E-state index contributed by atoms with van der Waals surface area (Å²) in [5, 5.41) is 6.08. The van der Waals surface area contributed by atoms with E-state index in [-0.39, 0.29) is 5.41 Å². The van der Waals surface area contributed by atoms with Crippen molar-refractivity contribution in [2.24, 2.45) is 0 Å². The lowest BCUT2D eigenvalue weighted by molar-refractivity contribution is 0.353. The van der Waals surface area contributed by atoms with Crippen LogP contribution in [0.25, 0.3) is 11.1 Å². The van der Waals surface area contributed by atoms with E-state index in [1.54, 1.807) is 9.75 Å². The Balaban J connectivity index is 2.02. The summed E-state index contributed by atoms with van der Waals surface area (Å²) >= 11 is 3.91. The molecule has 31 heavy (non-hydrogen) atoms. The largest absolute Gasteiger partial charge is 0.489 e. The molecule has 0 saturated heterocycles. The lowest BCUT2D eigenvalue weighted by Gasteiger charge is -2.39. The number of benzene rings is 1. The Bertz CT molecular complexity index is 1050. The molecule has 3 aromatic rings. The van der Waals surface area contributed by atoms with Crippen LogP contribution in [0.3, 0.4) is 0 Å². The Morgan fingerprint density at radius 1 is 1.03 bits per heavy atom. The monoisotopic (exact) mass is 466 g/mol. The topological polar surface area (TPSA) is 9.23 Å². The van der Waals surface area contributed by atoms with Gasteiger partial charge in [-0.1, -0.05) is 77.1 Å². The summed E-state index contributed by atoms with van der Waals surface area (Å²) in [5.41, 5.74) is 6.17. The van der Waals surface area contributed by atoms with E-state index >= 15 is 0 Å². The maximum atomic E-state index is 6.53. The van der Waals surface area contributed by atoms with E-state index in [2.05, 4.69) is 83.1 Å². The van der Waals surface area contributed by atoms with E-state index in [0.29, 0.717) is 12.1 Å². The van der Waals surface area contributed by atoms with Gasteiger partial charge in [0.1, 0.15) is 20.4 Å². The molecule has 4 heteroatoms. The van der Waals surface area contributed by atoms with Gasteiger partial charge in [-0.15, -0.1) is 22.7 Å². The van der Waals surface area contributed by atoms with Crippen molar-refractivity contribution in [3.05, 3.63) is 68.6 Å². The van der Waals surface area contributed by atoms with E-state index in [1.807, 2.05) is 28.7 Å². The molecule has 1 aliphatic carbocycles. The van der Waals surface area contributed by atoms with Gasteiger partial charge in [0.15, 0.2) is 0 Å². The van der Waals surface area contributed by atoms with Crippen molar-refractivity contribution < 1.29 is 4.74 Å². The molecule has 1 aliphatic rings. The molecule has 2 aromatic heterocycles. The fourth-order valence-electron chi connectivity index (χ4n) is 5.35. The third-order valence-corrected chi connectivity index (χ3v) is 15.0. The van der Waals surface area contributed by atoms with Gasteiger partial charge in [0.05, 0.1) is 0 Å². The van der Waals surface area contributed by atoms with E-state index < -0.39 is 8.07 Å². The van der Waals surface area contributed by atoms with Crippen LogP contribution in [0, 0.1) is 6.92 Å². The van der Waals surface area contributed by atoms with E-state index in [4.69, 9.17) is 4.74 Å². The molecular formula is C27H34OS2Si. The highest BCUT2D eigenvalue weighted by Gasteiger charge is 2.49. The third-order valence-electron chi connectivity index (χ3n) is 6.94. The predicted octanol–water partition coefficient (Wildman–Crippen LogP) is 8.03. The molecule has 0 amide bonds. The molecule has 0 aliphatic heterocycles. The lowest BCUT2D eigenvalue weighted by atomic mass is 9.85. The second-order valence-electron chi connectivity index (χ2n) is 9.73. The smallest absolute Gasteiger partial charge is 0.122 e. The molecule has 0 bridgehead atoms. The van der Waals surface area contributed by atoms with Crippen molar-refractivity contribution in [1.29, 1.82) is 0 Å². The highest BCUT2D eigenvalue weighted by atomic mass is 32.1. The molecule has 0 fully saturated rings. The molecule has 4 rings (SSSR count). The molecule has 0 spiro atoms. The molecule has 0 saturated carbocycles. The normalized spacial score (nSPS) is 13.9. The van der Waals surface area contributed by atoms with Gasteiger partial charge in [-0.3, -0.25) is 0 Å². The summed E-state index contributed by atoms with van der Waals surface area (Å²) in [7, 11) is -1.99. The number of fused-ring (bicyclic) bond motifs is 3. The average Bonchev–Trinajstić information content (AvgIpc) is 3.43. The first-order valence-corrected chi connectivity index (χ1v) is 15.6. The summed E-state index contributed by atoms with van der Waals surface area (Å²) < 4.78 is 6.53. The van der Waals surface area contributed by atoms with Gasteiger partial charge in [0, 0.05) is 15.3 Å². The van der Waals surface area contributed by atoms with Gasteiger partial charge < -0.3 is 4.74 Å². The standard InChI is InChI=1S/C27H34OS2Si/c1-8-13-28-23-21(27(5,6)7)16-18(4)17-22(23)31(9-2,10-3)26-24-19(11-14-29-24)20-12-15-30-25(20)26/h8,11-12,14-17,26H,1,9-10,13H2,2-7H3. The maximum absolute atomic E-state index is 6.53. The van der Waals surface area contributed by atoms with Gasteiger partial charge in [0.2, 0.25) is 0 Å². The lowest BCUT2D eigenvalue weighted by Crippen LogP contribution is -2.53. The van der Waals surface area contributed by atoms with Gasteiger partial charge in [-0.25, -0.2) is 0 Å². The van der Waals surface area contributed by atoms with Crippen molar-refractivity contribution in [3.8, 4) is 16.9 Å². The van der Waals surface area contributed by atoms with Crippen LogP contribution in [0.1, 0.15) is 61.0 Å². The first-order valence-electron chi connectivity index (χ1n) is 11.3. The molecule has 1 nitrogen and oxygen atoms in total. The first-order chi connectivity index (χ1) is 14.8. The molecule has 0 atom stereocenters. The fraction of sp³-hybridized carbons (Fsp3) is 0.407. The molecule has 2 heterocycles. The van der Waals surface area contributed by atoms with Crippen LogP contribution in [0.2, 0.25) is 12.1 Å². The quantitative estimate of drug-likeness (QED) is 0.253. The van der Waals surface area contributed by atoms with Crippen molar-refractivity contribution in [2.75, 3.05) is 6.61 Å². The Kier molecular flexibility index (Phi) is 6.10. The molecule has 164 valence electrons. The number of aryl methyl sites for hydroxylation is 1. The number of rotatable bonds is 7. The van der Waals surface area contributed by atoms with Gasteiger partial charge >= 0.3 is 0 Å². The van der Waals surface area contributed by atoms with Crippen LogP contribution >= 0.6 is 22.7 Å². The second-order valence-corrected chi connectivity index (χ2v) is 16.5. The van der Waals surface area contributed by atoms with Gasteiger partial charge in [-0.2, -0.15) is 0 Å². The Hall–Kier alpha value is -1.62. The summed E-state index contributed by atoms with van der Waals surface area (Å²) in [5.74, 6) is 1.14. The van der Waals surface area contributed by atoms with Crippen LogP contribution in [-0.4, -0.2) is 14.7 Å². The van der Waals surface area contributed by atoms with E-state index in [9.17, 15) is 0 Å². The Morgan fingerprint density at radius 3 is 2.10 bits per heavy atom. The average molecular weight is 467 g/mol. The van der Waals surface area contributed by atoms with Crippen LogP contribution in [0.5, 0.6) is 5.75 Å². The van der Waals surface area contributed by atoms with Crippen molar-refractivity contribution in [2.45, 2.75) is 64.6 Å². The van der Waals surface area contributed by atoms with Gasteiger partial charge in [-0.05, 0) is 57.1 Å². The van der Waals surface area contributed by atoms with E-state index in [1.165, 1.54) is 39.5 Å². The first kappa shape index (κ1) is 22.6. The minimum atomic E-state index is -1.99. The number of hydrogen-bond acceptors (Lipinski definition) is 3. The Morgan fingerprint density at radius 2 is 1.61 bits per heavy atom. The van der Waals surface area contributed by atoms with Crippen LogP contribution < -0.4 is 9.92 Å². The second kappa shape index (κ2) is 8.38. The van der Waals surface area contributed by atoms with Crippen LogP contribution in [0.4, 0.5) is 0 Å². The number of hydrogen-bond donors (Lipinski definition) is 0. The Labute approximate surface area is 196 Å². The number of thiophene rings is 2. The minimum Gasteiger partial charge on any atom is -0.489 e. The third kappa shape index (κ3) is 3.57. The summed E-state index contributed by atoms with van der Waals surface area (Å²) in [4.78, 5) is 3.18. The van der Waals surface area contributed by atoms with E-state index in [0.717, 1.165) is 5.75 Å². The highest BCUT2D eigenvalue weighted by molar-refractivity contribution is 7.15. The van der Waals surface area contributed by atoms with Crippen molar-refractivity contribution >= 4 is 35.9 Å². The zero-order valence-corrected chi connectivity index (χ0v) is 22.3. The number of ether oxygens (including phenoxy) is 1. The van der Waals surface area contributed by atoms with Gasteiger partial charge in [0.25, 0.3) is 0 Å². The summed E-state index contributed by atoms with van der Waals surface area (Å²) in [6, 6.07) is 11.9. The molecule has 0 N–H and O–H groups in total. The predicted molar refractivity (Wildman–Crippen MR) is 141 cm³/mol. The van der Waals surface area contributed by atoms with Crippen LogP contribution in [-0.2, 0) is 5.41 Å². The molecule has 0 radical (unpaired) electrons. The summed E-state index contributed by atoms with van der Waals surface area (Å²) in [6.07, 6.45) is 1.88. The van der Waals surface area contributed by atoms with Crippen molar-refractivity contribution in [3.63, 3.8) is 0 Å². The SMILES string of the molecule is C=CCOc1c(C(C)(C)C)cc(C)cc1[Si](CC)(CC)C1c2sccc2-c2ccsc21. The zero-order chi connectivity index (χ0) is 22.4. The highest BCUT2D eigenvalue weighted by Crippen LogP contribution is 2.55. The minimum absolute atomic E-state index is 0.0246. The molecular weight excluding hydrogens is 433 g/mol. The molecule has 0 unspecified atom stereocenters. The fourth-order valence-corrected chi connectivity index (χ4v) is 13.9. The van der Waals surface area contributed by atoms with Crippen molar-refractivity contribution in [1.82, 2.24) is 0 Å². The summed E-state index contributed by atoms with van der Waals surface area (Å²) in [6.45, 7) is 18.5. The van der Waals surface area contributed by atoms with Crippen LogP contribution in [0.15, 0.2) is 47.7 Å². The zero-order valence-electron chi connectivity index (χ0n) is 19.7.